The van der Waals surface area contributed by atoms with Crippen LogP contribution in [0.25, 0.3) is 6.08 Å². The smallest absolute Gasteiger partial charge is 0.328 e. The maximum absolute atomic E-state index is 12.1. The maximum atomic E-state index is 12.1. The fourth-order valence-corrected chi connectivity index (χ4v) is 3.19. The van der Waals surface area contributed by atoms with Gasteiger partial charge in [0.15, 0.2) is 0 Å². The van der Waals surface area contributed by atoms with E-state index in [9.17, 15) is 9.59 Å². The Morgan fingerprint density at radius 3 is 2.90 bits per heavy atom. The van der Waals surface area contributed by atoms with Crippen molar-refractivity contribution >= 4 is 40.6 Å². The molecule has 0 fully saturated rings. The van der Waals surface area contributed by atoms with Gasteiger partial charge in [0.05, 0.1) is 9.88 Å². The van der Waals surface area contributed by atoms with Crippen molar-refractivity contribution in [2.24, 2.45) is 0 Å². The molecule has 0 saturated carbocycles. The highest BCUT2D eigenvalue weighted by molar-refractivity contribution is 7.12. The van der Waals surface area contributed by atoms with Crippen molar-refractivity contribution in [2.45, 2.75) is 12.8 Å². The normalized spacial score (nSPS) is 12.4. The zero-order valence-corrected chi connectivity index (χ0v) is 12.9. The molecule has 0 aliphatic carbocycles. The zero-order chi connectivity index (χ0) is 15.2. The average molecular weight is 322 g/mol. The number of thiazole rings is 1. The molecule has 2 N–H and O–H groups in total. The minimum absolute atomic E-state index is 0.145. The third-order valence-electron chi connectivity index (χ3n) is 2.75. The van der Waals surface area contributed by atoms with Crippen molar-refractivity contribution in [3.05, 3.63) is 44.5 Å². The molecule has 0 radical (unpaired) electrons. The lowest BCUT2D eigenvalue weighted by atomic mass is 10.2. The molecule has 2 heterocycles. The molecule has 0 aliphatic heterocycles. The second kappa shape index (κ2) is 7.14. The Balaban J connectivity index is 1.98. The van der Waals surface area contributed by atoms with E-state index in [2.05, 4.69) is 10.3 Å². The van der Waals surface area contributed by atoms with Gasteiger partial charge in [0.25, 0.3) is 5.91 Å². The van der Waals surface area contributed by atoms with Gasteiger partial charge in [-0.15, -0.1) is 22.7 Å². The number of nitrogens with one attached hydrogen (secondary N) is 1. The Bertz CT molecular complexity index is 647. The van der Waals surface area contributed by atoms with Gasteiger partial charge in [0.1, 0.15) is 0 Å². The van der Waals surface area contributed by atoms with Crippen LogP contribution in [0.2, 0.25) is 0 Å². The molecule has 0 aromatic carbocycles. The van der Waals surface area contributed by atoms with E-state index in [-0.39, 0.29) is 11.8 Å². The van der Waals surface area contributed by atoms with Crippen molar-refractivity contribution in [3.63, 3.8) is 0 Å². The first kappa shape index (κ1) is 15.4. The number of aromatic nitrogens is 1. The van der Waals surface area contributed by atoms with Crippen LogP contribution < -0.4 is 5.32 Å². The standard InChI is InChI=1S/C14H14N2O3S2/c1-9(14-15-5-7-21-14)8-16-13(19)12-10(4-6-20-12)2-3-11(17)18/h2-7,9H,8H2,1H3,(H,16,19)(H,17,18)/b3-2+. The van der Waals surface area contributed by atoms with Crippen molar-refractivity contribution in [1.29, 1.82) is 0 Å². The molecule has 0 bridgehead atoms. The average Bonchev–Trinajstić information content (AvgIpc) is 3.12. The number of nitrogens with zero attached hydrogens (tertiary/aromatic N) is 1. The van der Waals surface area contributed by atoms with E-state index in [4.69, 9.17) is 5.11 Å². The minimum atomic E-state index is -1.04. The highest BCUT2D eigenvalue weighted by Gasteiger charge is 2.14. The number of aliphatic carboxylic acids is 1. The number of rotatable bonds is 6. The van der Waals surface area contributed by atoms with Gasteiger partial charge in [-0.3, -0.25) is 4.79 Å². The molecule has 0 spiro atoms. The molecule has 1 atom stereocenters. The number of carboxylic acids is 1. The van der Waals surface area contributed by atoms with Gasteiger partial charge in [-0.25, -0.2) is 9.78 Å². The van der Waals surface area contributed by atoms with Crippen LogP contribution in [-0.4, -0.2) is 28.5 Å². The Hall–Kier alpha value is -1.99. The summed E-state index contributed by atoms with van der Waals surface area (Å²) < 4.78 is 0. The van der Waals surface area contributed by atoms with E-state index in [0.29, 0.717) is 17.0 Å². The third-order valence-corrected chi connectivity index (χ3v) is 4.69. The number of hydrogen-bond acceptors (Lipinski definition) is 5. The minimum Gasteiger partial charge on any atom is -0.478 e. The highest BCUT2D eigenvalue weighted by atomic mass is 32.1. The number of carboxylic acid groups (broad SMARTS) is 1. The molecule has 5 nitrogen and oxygen atoms in total. The van der Waals surface area contributed by atoms with Crippen LogP contribution in [0.3, 0.4) is 0 Å². The second-order valence-corrected chi connectivity index (χ2v) is 6.20. The third kappa shape index (κ3) is 4.24. The topological polar surface area (TPSA) is 79.3 Å². The summed E-state index contributed by atoms with van der Waals surface area (Å²) in [6, 6.07) is 1.73. The van der Waals surface area contributed by atoms with E-state index in [0.717, 1.165) is 11.1 Å². The molecule has 110 valence electrons. The van der Waals surface area contributed by atoms with Crippen molar-refractivity contribution in [2.75, 3.05) is 6.54 Å². The molecule has 2 rings (SSSR count). The van der Waals surface area contributed by atoms with Crippen LogP contribution in [0.5, 0.6) is 0 Å². The molecule has 1 unspecified atom stereocenters. The lowest BCUT2D eigenvalue weighted by molar-refractivity contribution is -0.131. The van der Waals surface area contributed by atoms with Gasteiger partial charge >= 0.3 is 5.97 Å². The Kier molecular flexibility index (Phi) is 5.24. The molecule has 0 aliphatic rings. The first-order valence-electron chi connectivity index (χ1n) is 6.24. The summed E-state index contributed by atoms with van der Waals surface area (Å²) in [5.41, 5.74) is 0.613. The van der Waals surface area contributed by atoms with Crippen LogP contribution in [0.4, 0.5) is 0 Å². The van der Waals surface area contributed by atoms with Crippen LogP contribution in [0.15, 0.2) is 29.1 Å². The Morgan fingerprint density at radius 1 is 1.43 bits per heavy atom. The van der Waals surface area contributed by atoms with E-state index >= 15 is 0 Å². The van der Waals surface area contributed by atoms with Crippen LogP contribution in [-0.2, 0) is 4.79 Å². The molecule has 2 aromatic heterocycles. The van der Waals surface area contributed by atoms with E-state index in [1.54, 1.807) is 29.0 Å². The molecular formula is C14H14N2O3S2. The summed E-state index contributed by atoms with van der Waals surface area (Å²) in [6.07, 6.45) is 4.20. The van der Waals surface area contributed by atoms with E-state index in [1.165, 1.54) is 17.4 Å². The van der Waals surface area contributed by atoms with Crippen LogP contribution >= 0.6 is 22.7 Å². The Morgan fingerprint density at radius 2 is 2.24 bits per heavy atom. The predicted octanol–water partition coefficient (Wildman–Crippen LogP) is 2.84. The van der Waals surface area contributed by atoms with Crippen LogP contribution in [0, 0.1) is 0 Å². The molecule has 0 saturated heterocycles. The largest absolute Gasteiger partial charge is 0.478 e. The monoisotopic (exact) mass is 322 g/mol. The number of hydrogen-bond donors (Lipinski definition) is 2. The van der Waals surface area contributed by atoms with Gasteiger partial charge in [-0.1, -0.05) is 6.92 Å². The fraction of sp³-hybridized carbons (Fsp3) is 0.214. The number of carbonyl (C=O) groups excluding carboxylic acids is 1. The summed E-state index contributed by atoms with van der Waals surface area (Å²) in [7, 11) is 0. The van der Waals surface area contributed by atoms with Crippen molar-refractivity contribution in [1.82, 2.24) is 10.3 Å². The summed E-state index contributed by atoms with van der Waals surface area (Å²) in [4.78, 5) is 27.4. The lowest BCUT2D eigenvalue weighted by Gasteiger charge is -2.09. The summed E-state index contributed by atoms with van der Waals surface area (Å²) in [6.45, 7) is 2.49. The van der Waals surface area contributed by atoms with Crippen LogP contribution in [0.1, 0.15) is 33.1 Å². The van der Waals surface area contributed by atoms with Crippen molar-refractivity contribution in [3.8, 4) is 0 Å². The summed E-state index contributed by atoms with van der Waals surface area (Å²) in [5, 5.41) is 16.1. The summed E-state index contributed by atoms with van der Waals surface area (Å²) >= 11 is 2.85. The number of amides is 1. The van der Waals surface area contributed by atoms with Crippen molar-refractivity contribution < 1.29 is 14.7 Å². The lowest BCUT2D eigenvalue weighted by Crippen LogP contribution is -2.27. The predicted molar refractivity (Wildman–Crippen MR) is 83.9 cm³/mol. The van der Waals surface area contributed by atoms with E-state index in [1.807, 2.05) is 12.3 Å². The first-order valence-corrected chi connectivity index (χ1v) is 8.00. The molecular weight excluding hydrogens is 308 g/mol. The fourth-order valence-electron chi connectivity index (χ4n) is 1.69. The second-order valence-electron chi connectivity index (χ2n) is 4.36. The summed E-state index contributed by atoms with van der Waals surface area (Å²) in [5.74, 6) is -1.09. The first-order chi connectivity index (χ1) is 10.1. The zero-order valence-electron chi connectivity index (χ0n) is 11.3. The quantitative estimate of drug-likeness (QED) is 0.802. The number of thiophene rings is 1. The maximum Gasteiger partial charge on any atom is 0.328 e. The molecule has 1 amide bonds. The van der Waals surface area contributed by atoms with Gasteiger partial charge in [-0.2, -0.15) is 0 Å². The van der Waals surface area contributed by atoms with Gasteiger partial charge in [-0.05, 0) is 23.1 Å². The SMILES string of the molecule is CC(CNC(=O)c1sccc1/C=C/C(=O)O)c1nccs1. The molecule has 7 heteroatoms. The molecule has 21 heavy (non-hydrogen) atoms. The number of carbonyl (C=O) groups is 2. The van der Waals surface area contributed by atoms with Gasteiger partial charge in [0.2, 0.25) is 0 Å². The highest BCUT2D eigenvalue weighted by Crippen LogP contribution is 2.20. The van der Waals surface area contributed by atoms with Gasteiger partial charge in [0, 0.05) is 30.1 Å². The van der Waals surface area contributed by atoms with Gasteiger partial charge < -0.3 is 10.4 Å². The Labute approximate surface area is 130 Å². The van der Waals surface area contributed by atoms with E-state index < -0.39 is 5.97 Å². The molecule has 2 aromatic rings.